The Morgan fingerprint density at radius 3 is 2.72 bits per heavy atom. The van der Waals surface area contributed by atoms with Crippen molar-refractivity contribution < 1.29 is 34.3 Å². The molecule has 3 aliphatic rings. The van der Waals surface area contributed by atoms with Gasteiger partial charge in [0.15, 0.2) is 0 Å². The average molecular weight is 453 g/mol. The van der Waals surface area contributed by atoms with Gasteiger partial charge in [0, 0.05) is 12.1 Å². The summed E-state index contributed by atoms with van der Waals surface area (Å²) in [5.74, 6) is -2.78. The first kappa shape index (κ1) is 23.4. The van der Waals surface area contributed by atoms with E-state index in [4.69, 9.17) is 14.2 Å². The fraction of sp³-hybridized carbons (Fsp3) is 0.762. The van der Waals surface area contributed by atoms with E-state index in [1.165, 1.54) is 6.20 Å². The van der Waals surface area contributed by atoms with E-state index in [-0.39, 0.29) is 24.9 Å². The summed E-state index contributed by atoms with van der Waals surface area (Å²) in [7, 11) is 1.68. The molecule has 1 aliphatic carbocycles. The SMILES string of the molecule is CC[C@@H]1[C@H](O)[C@H](NC)C2O[C@]3(O)C(OC2[C@@H]1O)O[C@H](C)C[C@H]3NC(=O)Cc1cccnn1. The highest BCUT2D eigenvalue weighted by Crippen LogP contribution is 2.43. The molecule has 1 aromatic heterocycles. The molecule has 0 spiro atoms. The van der Waals surface area contributed by atoms with Crippen molar-refractivity contribution in [1.82, 2.24) is 20.8 Å². The summed E-state index contributed by atoms with van der Waals surface area (Å²) in [5, 5.41) is 46.7. The standard InChI is InChI=1S/C21H32N4O7/c1-4-12-16(27)15(22-3)18-19(17(12)28)31-20-21(29,32-18)13(8-10(2)30-20)24-14(26)9-11-6-5-7-23-25-11/h5-7,10,12-13,15-20,22,27-29H,4,8-9H2,1-3H3,(H,24,26)/t10-,12-,13-,15+,16+,17-,18?,19?,20?,21+/m1/s1. The summed E-state index contributed by atoms with van der Waals surface area (Å²) in [4.78, 5) is 12.7. The van der Waals surface area contributed by atoms with Gasteiger partial charge in [0.25, 0.3) is 0 Å². The third-order valence-electron chi connectivity index (χ3n) is 6.73. The smallest absolute Gasteiger partial charge is 0.239 e. The Kier molecular flexibility index (Phi) is 6.78. The van der Waals surface area contributed by atoms with E-state index in [0.717, 1.165) is 0 Å². The van der Waals surface area contributed by atoms with Crippen molar-refractivity contribution in [1.29, 1.82) is 0 Å². The van der Waals surface area contributed by atoms with Gasteiger partial charge in [-0.1, -0.05) is 6.92 Å². The minimum Gasteiger partial charge on any atom is -0.391 e. The number of fused-ring (bicyclic) bond motifs is 2. The molecule has 2 aliphatic heterocycles. The summed E-state index contributed by atoms with van der Waals surface area (Å²) in [6, 6.07) is 1.95. The van der Waals surface area contributed by atoms with Gasteiger partial charge < -0.3 is 40.2 Å². The van der Waals surface area contributed by atoms with Crippen molar-refractivity contribution in [2.45, 2.75) is 87.8 Å². The zero-order valence-corrected chi connectivity index (χ0v) is 18.4. The van der Waals surface area contributed by atoms with Crippen molar-refractivity contribution in [2.75, 3.05) is 7.05 Å². The van der Waals surface area contributed by atoms with Crippen LogP contribution in [0.1, 0.15) is 32.4 Å². The number of rotatable bonds is 5. The van der Waals surface area contributed by atoms with Crippen LogP contribution in [0.15, 0.2) is 18.3 Å². The Bertz CT molecular complexity index is 802. The van der Waals surface area contributed by atoms with Gasteiger partial charge in [-0.3, -0.25) is 4.79 Å². The van der Waals surface area contributed by atoms with Gasteiger partial charge in [0.05, 0.1) is 42.5 Å². The molecule has 3 heterocycles. The average Bonchev–Trinajstić information content (AvgIpc) is 2.75. The minimum absolute atomic E-state index is 0.0119. The molecule has 11 nitrogen and oxygen atoms in total. The van der Waals surface area contributed by atoms with Gasteiger partial charge in [-0.05, 0) is 38.9 Å². The topological polar surface area (TPSA) is 155 Å². The Hall–Kier alpha value is -1.73. The molecule has 10 atom stereocenters. The van der Waals surface area contributed by atoms with Crippen LogP contribution in [-0.2, 0) is 25.4 Å². The first-order valence-corrected chi connectivity index (χ1v) is 11.1. The lowest BCUT2D eigenvalue weighted by atomic mass is 9.74. The van der Waals surface area contributed by atoms with Crippen LogP contribution in [0.2, 0.25) is 0 Å². The maximum Gasteiger partial charge on any atom is 0.239 e. The van der Waals surface area contributed by atoms with Gasteiger partial charge >= 0.3 is 0 Å². The maximum absolute atomic E-state index is 12.7. The van der Waals surface area contributed by atoms with Crippen molar-refractivity contribution in [3.05, 3.63) is 24.0 Å². The molecule has 1 aromatic rings. The highest BCUT2D eigenvalue weighted by Gasteiger charge is 2.63. The molecular formula is C21H32N4O7. The lowest BCUT2D eigenvalue weighted by molar-refractivity contribution is -0.450. The second kappa shape index (κ2) is 9.26. The summed E-state index contributed by atoms with van der Waals surface area (Å²) in [6.07, 6.45) is -2.79. The molecule has 3 unspecified atom stereocenters. The van der Waals surface area contributed by atoms with E-state index in [9.17, 15) is 20.1 Å². The lowest BCUT2D eigenvalue weighted by Crippen LogP contribution is -2.77. The maximum atomic E-state index is 12.7. The van der Waals surface area contributed by atoms with Gasteiger partial charge in [0.1, 0.15) is 12.2 Å². The summed E-state index contributed by atoms with van der Waals surface area (Å²) >= 11 is 0. The number of aromatic nitrogens is 2. The number of nitrogens with zero attached hydrogens (tertiary/aromatic N) is 2. The first-order chi connectivity index (χ1) is 15.3. The van der Waals surface area contributed by atoms with E-state index in [2.05, 4.69) is 20.8 Å². The van der Waals surface area contributed by atoms with E-state index in [1.807, 2.05) is 13.8 Å². The van der Waals surface area contributed by atoms with Crippen molar-refractivity contribution >= 4 is 5.91 Å². The molecule has 32 heavy (non-hydrogen) atoms. The number of hydrogen-bond acceptors (Lipinski definition) is 10. The molecule has 1 saturated carbocycles. The molecule has 3 fully saturated rings. The van der Waals surface area contributed by atoms with Crippen molar-refractivity contribution in [2.24, 2.45) is 5.92 Å². The van der Waals surface area contributed by atoms with Crippen LogP contribution in [0.5, 0.6) is 0 Å². The van der Waals surface area contributed by atoms with Crippen LogP contribution >= 0.6 is 0 Å². The number of carbonyl (C=O) groups is 1. The van der Waals surface area contributed by atoms with Crippen molar-refractivity contribution in [3.8, 4) is 0 Å². The molecule has 5 N–H and O–H groups in total. The molecule has 0 aromatic carbocycles. The Morgan fingerprint density at radius 1 is 1.28 bits per heavy atom. The molecular weight excluding hydrogens is 420 g/mol. The van der Waals surface area contributed by atoms with E-state index >= 15 is 0 Å². The Morgan fingerprint density at radius 2 is 2.06 bits per heavy atom. The highest BCUT2D eigenvalue weighted by molar-refractivity contribution is 5.78. The third kappa shape index (κ3) is 4.14. The molecule has 0 radical (unpaired) electrons. The zero-order valence-electron chi connectivity index (χ0n) is 18.4. The molecule has 4 rings (SSSR count). The zero-order chi connectivity index (χ0) is 23.0. The summed E-state index contributed by atoms with van der Waals surface area (Å²) in [6.45, 7) is 3.69. The Labute approximate surface area is 186 Å². The number of ether oxygens (including phenoxy) is 3. The predicted molar refractivity (Wildman–Crippen MR) is 110 cm³/mol. The third-order valence-corrected chi connectivity index (χ3v) is 6.73. The normalized spacial score (nSPS) is 43.8. The quantitative estimate of drug-likeness (QED) is 0.355. The van der Waals surface area contributed by atoms with E-state index in [1.54, 1.807) is 19.2 Å². The van der Waals surface area contributed by atoms with Gasteiger partial charge in [0.2, 0.25) is 18.0 Å². The van der Waals surface area contributed by atoms with Crippen LogP contribution in [0.4, 0.5) is 0 Å². The van der Waals surface area contributed by atoms with Crippen LogP contribution in [-0.4, -0.2) is 93.2 Å². The molecule has 2 saturated heterocycles. The first-order valence-electron chi connectivity index (χ1n) is 11.1. The molecule has 1 amide bonds. The largest absolute Gasteiger partial charge is 0.391 e. The summed E-state index contributed by atoms with van der Waals surface area (Å²) in [5.41, 5.74) is 0.494. The fourth-order valence-electron chi connectivity index (χ4n) is 5.08. The monoisotopic (exact) mass is 452 g/mol. The Balaban J connectivity index is 1.56. The van der Waals surface area contributed by atoms with Crippen LogP contribution in [0.3, 0.4) is 0 Å². The van der Waals surface area contributed by atoms with Crippen LogP contribution < -0.4 is 10.6 Å². The highest BCUT2D eigenvalue weighted by atomic mass is 16.8. The number of hydrogen-bond donors (Lipinski definition) is 5. The minimum atomic E-state index is -2.00. The number of likely N-dealkylation sites (N-methyl/N-ethyl adjacent to an activating group) is 1. The molecule has 11 heteroatoms. The van der Waals surface area contributed by atoms with Gasteiger partial charge in [-0.25, -0.2) is 0 Å². The number of nitrogens with one attached hydrogen (secondary N) is 2. The van der Waals surface area contributed by atoms with Gasteiger partial charge in [-0.2, -0.15) is 10.2 Å². The van der Waals surface area contributed by atoms with Crippen LogP contribution in [0, 0.1) is 5.92 Å². The van der Waals surface area contributed by atoms with Crippen LogP contribution in [0.25, 0.3) is 0 Å². The second-order valence-electron chi connectivity index (χ2n) is 8.83. The summed E-state index contributed by atoms with van der Waals surface area (Å²) < 4.78 is 18.0. The predicted octanol–water partition coefficient (Wildman–Crippen LogP) is -1.54. The lowest BCUT2D eigenvalue weighted by Gasteiger charge is -2.58. The second-order valence-corrected chi connectivity index (χ2v) is 8.83. The number of aliphatic hydroxyl groups excluding tert-OH is 2. The fourth-order valence-corrected chi connectivity index (χ4v) is 5.08. The van der Waals surface area contributed by atoms with Gasteiger partial charge in [-0.15, -0.1) is 0 Å². The van der Waals surface area contributed by atoms with E-state index < -0.39 is 54.5 Å². The molecule has 178 valence electrons. The van der Waals surface area contributed by atoms with Crippen molar-refractivity contribution in [3.63, 3.8) is 0 Å². The molecule has 0 bridgehead atoms. The number of amides is 1. The number of carbonyl (C=O) groups excluding carboxylic acids is 1. The van der Waals surface area contributed by atoms with E-state index in [0.29, 0.717) is 12.1 Å². The number of aliphatic hydroxyl groups is 3.